The van der Waals surface area contributed by atoms with Crippen molar-refractivity contribution in [2.45, 2.75) is 6.54 Å². The van der Waals surface area contributed by atoms with Crippen LogP contribution >= 0.6 is 24.0 Å². The largest absolute Gasteiger partial charge is 0.288 e. The van der Waals surface area contributed by atoms with Gasteiger partial charge in [-0.1, -0.05) is 66.4 Å². The van der Waals surface area contributed by atoms with Crippen molar-refractivity contribution in [1.82, 2.24) is 4.90 Å². The maximum absolute atomic E-state index is 12.9. The third-order valence-electron chi connectivity index (χ3n) is 3.22. The molecule has 0 spiro atoms. The molecule has 1 aliphatic heterocycles. The molecule has 2 nitrogen and oxygen atoms in total. The molecular weight excluding hydrogens is 317 g/mol. The fourth-order valence-electron chi connectivity index (χ4n) is 2.11. The fraction of sp³-hybridized carbons (Fsp3) is 0.0588. The van der Waals surface area contributed by atoms with E-state index in [0.29, 0.717) is 15.8 Å². The van der Waals surface area contributed by atoms with Gasteiger partial charge in [-0.25, -0.2) is 4.39 Å². The monoisotopic (exact) mass is 329 g/mol. The van der Waals surface area contributed by atoms with E-state index >= 15 is 0 Å². The van der Waals surface area contributed by atoms with E-state index in [1.807, 2.05) is 30.3 Å². The lowest BCUT2D eigenvalue weighted by Crippen LogP contribution is -2.27. The SMILES string of the molecule is O=C1/C(=C\c2ccc(F)cc2)SC(=S)N1Cc1ccccc1. The van der Waals surface area contributed by atoms with Crippen LogP contribution in [0.4, 0.5) is 4.39 Å². The highest BCUT2D eigenvalue weighted by Crippen LogP contribution is 2.33. The number of benzene rings is 2. The zero-order valence-corrected chi connectivity index (χ0v) is 13.2. The van der Waals surface area contributed by atoms with E-state index in [1.54, 1.807) is 23.1 Å². The summed E-state index contributed by atoms with van der Waals surface area (Å²) in [6.45, 7) is 0.465. The van der Waals surface area contributed by atoms with Crippen LogP contribution in [-0.2, 0) is 11.3 Å². The zero-order valence-electron chi connectivity index (χ0n) is 11.5. The van der Waals surface area contributed by atoms with Crippen molar-refractivity contribution in [3.63, 3.8) is 0 Å². The van der Waals surface area contributed by atoms with Gasteiger partial charge in [0.1, 0.15) is 10.1 Å². The van der Waals surface area contributed by atoms with Crippen molar-refractivity contribution >= 4 is 40.3 Å². The van der Waals surface area contributed by atoms with Crippen molar-refractivity contribution in [3.8, 4) is 0 Å². The van der Waals surface area contributed by atoms with Crippen LogP contribution in [0, 0.1) is 5.82 Å². The van der Waals surface area contributed by atoms with Crippen molar-refractivity contribution in [1.29, 1.82) is 0 Å². The number of thioether (sulfide) groups is 1. The van der Waals surface area contributed by atoms with Crippen LogP contribution in [0.25, 0.3) is 6.08 Å². The van der Waals surface area contributed by atoms with E-state index in [4.69, 9.17) is 12.2 Å². The van der Waals surface area contributed by atoms with Crippen molar-refractivity contribution in [2.24, 2.45) is 0 Å². The molecule has 2 aromatic carbocycles. The number of thiocarbonyl (C=S) groups is 1. The standard InChI is InChI=1S/C17H12FNOS2/c18-14-8-6-12(7-9-14)10-15-16(20)19(17(21)22-15)11-13-4-2-1-3-5-13/h1-10H,11H2/b15-10+. The van der Waals surface area contributed by atoms with Gasteiger partial charge in [-0.3, -0.25) is 9.69 Å². The van der Waals surface area contributed by atoms with Gasteiger partial charge in [0.25, 0.3) is 5.91 Å². The second-order valence-electron chi connectivity index (χ2n) is 4.81. The van der Waals surface area contributed by atoms with Gasteiger partial charge in [-0.15, -0.1) is 0 Å². The van der Waals surface area contributed by atoms with Crippen molar-refractivity contribution in [3.05, 3.63) is 76.4 Å². The van der Waals surface area contributed by atoms with Crippen LogP contribution in [0.3, 0.4) is 0 Å². The molecule has 1 amide bonds. The number of hydrogen-bond donors (Lipinski definition) is 0. The Morgan fingerprint density at radius 2 is 1.77 bits per heavy atom. The number of carbonyl (C=O) groups excluding carboxylic acids is 1. The minimum absolute atomic E-state index is 0.108. The number of amides is 1. The van der Waals surface area contributed by atoms with Crippen molar-refractivity contribution < 1.29 is 9.18 Å². The van der Waals surface area contributed by atoms with Gasteiger partial charge in [0.05, 0.1) is 11.4 Å². The molecule has 3 rings (SSSR count). The summed E-state index contributed by atoms with van der Waals surface area (Å²) in [5, 5.41) is 0. The normalized spacial score (nSPS) is 16.6. The highest BCUT2D eigenvalue weighted by atomic mass is 32.2. The van der Waals surface area contributed by atoms with E-state index in [1.165, 1.54) is 23.9 Å². The highest BCUT2D eigenvalue weighted by Gasteiger charge is 2.31. The van der Waals surface area contributed by atoms with Gasteiger partial charge < -0.3 is 0 Å². The number of halogens is 1. The van der Waals surface area contributed by atoms with Gasteiger partial charge in [-0.2, -0.15) is 0 Å². The lowest BCUT2D eigenvalue weighted by atomic mass is 10.2. The van der Waals surface area contributed by atoms with E-state index in [0.717, 1.165) is 11.1 Å². The minimum atomic E-state index is -0.297. The van der Waals surface area contributed by atoms with Gasteiger partial charge in [0, 0.05) is 0 Å². The Hall–Kier alpha value is -1.98. The Morgan fingerprint density at radius 1 is 1.09 bits per heavy atom. The van der Waals surface area contributed by atoms with E-state index in [9.17, 15) is 9.18 Å². The lowest BCUT2D eigenvalue weighted by Gasteiger charge is -2.14. The van der Waals surface area contributed by atoms with Crippen LogP contribution in [0.1, 0.15) is 11.1 Å². The van der Waals surface area contributed by atoms with Crippen LogP contribution in [0.15, 0.2) is 59.5 Å². The number of nitrogens with zero attached hydrogens (tertiary/aromatic N) is 1. The molecular formula is C17H12FNOS2. The molecule has 0 radical (unpaired) electrons. The Bertz CT molecular complexity index is 741. The summed E-state index contributed by atoms with van der Waals surface area (Å²) < 4.78 is 13.5. The quantitative estimate of drug-likeness (QED) is 0.621. The summed E-state index contributed by atoms with van der Waals surface area (Å²) in [5.74, 6) is -0.406. The first-order chi connectivity index (χ1) is 10.6. The maximum Gasteiger partial charge on any atom is 0.266 e. The third kappa shape index (κ3) is 3.26. The number of hydrogen-bond acceptors (Lipinski definition) is 3. The molecule has 0 bridgehead atoms. The molecule has 1 saturated heterocycles. The Morgan fingerprint density at radius 3 is 2.45 bits per heavy atom. The Labute approximate surface area is 137 Å². The molecule has 0 atom stereocenters. The summed E-state index contributed by atoms with van der Waals surface area (Å²) in [6, 6.07) is 15.7. The summed E-state index contributed by atoms with van der Waals surface area (Å²) in [5.41, 5.74) is 1.81. The van der Waals surface area contributed by atoms with Gasteiger partial charge in [0.2, 0.25) is 0 Å². The van der Waals surface area contributed by atoms with Crippen LogP contribution in [-0.4, -0.2) is 15.1 Å². The van der Waals surface area contributed by atoms with E-state index in [2.05, 4.69) is 0 Å². The molecule has 1 aliphatic rings. The smallest absolute Gasteiger partial charge is 0.266 e. The fourth-order valence-corrected chi connectivity index (χ4v) is 3.37. The second-order valence-corrected chi connectivity index (χ2v) is 6.48. The highest BCUT2D eigenvalue weighted by molar-refractivity contribution is 8.26. The second kappa shape index (κ2) is 6.42. The van der Waals surface area contributed by atoms with Crippen LogP contribution in [0.5, 0.6) is 0 Å². The molecule has 1 heterocycles. The summed E-state index contributed by atoms with van der Waals surface area (Å²) >= 11 is 6.57. The average molecular weight is 329 g/mol. The van der Waals surface area contributed by atoms with Crippen LogP contribution in [0.2, 0.25) is 0 Å². The van der Waals surface area contributed by atoms with E-state index in [-0.39, 0.29) is 11.7 Å². The predicted octanol–water partition coefficient (Wildman–Crippen LogP) is 4.23. The van der Waals surface area contributed by atoms with E-state index < -0.39 is 0 Å². The molecule has 5 heteroatoms. The molecule has 0 saturated carbocycles. The summed E-state index contributed by atoms with van der Waals surface area (Å²) in [7, 11) is 0. The number of rotatable bonds is 3. The Balaban J connectivity index is 1.80. The third-order valence-corrected chi connectivity index (χ3v) is 4.60. The molecule has 0 N–H and O–H groups in total. The molecule has 1 fully saturated rings. The average Bonchev–Trinajstić information content (AvgIpc) is 2.78. The zero-order chi connectivity index (χ0) is 15.5. The molecule has 22 heavy (non-hydrogen) atoms. The summed E-state index contributed by atoms with van der Waals surface area (Å²) in [4.78, 5) is 14.6. The van der Waals surface area contributed by atoms with Gasteiger partial charge in [-0.05, 0) is 29.3 Å². The Kier molecular flexibility index (Phi) is 4.36. The molecule has 0 aromatic heterocycles. The first kappa shape index (κ1) is 14.9. The maximum atomic E-state index is 12.9. The van der Waals surface area contributed by atoms with Crippen LogP contribution < -0.4 is 0 Å². The van der Waals surface area contributed by atoms with Gasteiger partial charge >= 0.3 is 0 Å². The number of carbonyl (C=O) groups is 1. The lowest BCUT2D eigenvalue weighted by molar-refractivity contribution is -0.122. The first-order valence-electron chi connectivity index (χ1n) is 6.68. The topological polar surface area (TPSA) is 20.3 Å². The molecule has 110 valence electrons. The predicted molar refractivity (Wildman–Crippen MR) is 91.6 cm³/mol. The van der Waals surface area contributed by atoms with Gasteiger partial charge in [0.15, 0.2) is 0 Å². The molecule has 2 aromatic rings. The first-order valence-corrected chi connectivity index (χ1v) is 7.91. The molecule has 0 unspecified atom stereocenters. The van der Waals surface area contributed by atoms with Crippen molar-refractivity contribution in [2.75, 3.05) is 0 Å². The molecule has 0 aliphatic carbocycles. The minimum Gasteiger partial charge on any atom is -0.288 e. The summed E-state index contributed by atoms with van der Waals surface area (Å²) in [6.07, 6.45) is 1.74.